The van der Waals surface area contributed by atoms with E-state index in [1.165, 1.54) is 0 Å². The number of hydrogen-bond acceptors (Lipinski definition) is 6. The maximum Gasteiger partial charge on any atom is 1.00 e. The van der Waals surface area contributed by atoms with Crippen molar-refractivity contribution in [1.82, 2.24) is 0 Å². The monoisotopic (exact) mass is 1430 g/mol. The zero-order valence-electron chi connectivity index (χ0n) is 41.7. The average Bonchev–Trinajstić information content (AvgIpc) is 0. The van der Waals surface area contributed by atoms with Crippen LogP contribution < -0.4 is 177 Å². The van der Waals surface area contributed by atoms with Crippen molar-refractivity contribution in [3.8, 4) is 0 Å². The first-order valence-electron chi connectivity index (χ1n) is 0. The fraction of sp³-hybridized carbons (Fsp3) is 0. The largest absolute Gasteiger partial charge is 1.00 e. The third kappa shape index (κ3) is 49600. The van der Waals surface area contributed by atoms with E-state index >= 15 is 0 Å². The summed E-state index contributed by atoms with van der Waals surface area (Å²) in [5.74, 6) is 0. The van der Waals surface area contributed by atoms with Crippen molar-refractivity contribution < 1.29 is 572 Å². The smallest absolute Gasteiger partial charge is 0.870 e. The van der Waals surface area contributed by atoms with Crippen molar-refractivity contribution in [3.63, 3.8) is 0 Å². The maximum atomic E-state index is 0. The molecule has 0 spiro atoms. The topological polar surface area (TPSA) is 2260 Å². The standard InChI is InChI=1S/6Na.72H2O/h;;;;;;72*1H2/q6*+1;;;;;;;;;;;;;;;;;;;;;;;;;;;;;;;;;;;;;;;;;;;;;;;;;;;;;;;;;;;;;;;;;;;;;;;;/p-6. The predicted molar refractivity (Wildman–Crippen MR) is 250 cm³/mol. The van der Waals surface area contributed by atoms with Crippen LogP contribution in [0.5, 0.6) is 0 Å². The second kappa shape index (κ2) is 51500. The molecule has 0 fully saturated rings. The molecule has 0 aliphatic heterocycles. The van der Waals surface area contributed by atoms with Crippen LogP contribution in [0.4, 0.5) is 0 Å². The molecule has 0 aromatic heterocycles. The van der Waals surface area contributed by atoms with Crippen molar-refractivity contribution in [3.05, 3.63) is 0 Å². The van der Waals surface area contributed by atoms with Gasteiger partial charge in [0.25, 0.3) is 0 Å². The van der Waals surface area contributed by atoms with Gasteiger partial charge in [-0.15, -0.1) is 0 Å². The Morgan fingerprint density at radius 1 is 0.0385 bits per heavy atom. The molecule has 0 saturated heterocycles. The first kappa shape index (κ1) is 53500. The fourth-order valence-electron chi connectivity index (χ4n) is 0. The van der Waals surface area contributed by atoms with Crippen LogP contribution in [0.15, 0.2) is 0 Å². The van der Waals surface area contributed by atoms with Gasteiger partial charge in [-0.3, -0.25) is 0 Å². The van der Waals surface area contributed by atoms with Crippen LogP contribution in [-0.4, -0.2) is 394 Å². The molecule has 78 heavy (non-hydrogen) atoms. The summed E-state index contributed by atoms with van der Waals surface area (Å²) in [6, 6.07) is 0. The van der Waals surface area contributed by atoms with Crippen LogP contribution in [0.2, 0.25) is 0 Å². The van der Waals surface area contributed by atoms with Crippen molar-refractivity contribution in [2.24, 2.45) is 0 Å². The van der Waals surface area contributed by atoms with Gasteiger partial charge in [-0.2, -0.15) is 0 Å². The Balaban J connectivity index is 0. The molecule has 0 saturated carbocycles. The summed E-state index contributed by atoms with van der Waals surface area (Å²) in [5, 5.41) is 0. The Kier molecular flexibility index (Phi) is 35300000. The molecular formula is H138Na6O72. The Bertz CT molecular complexity index is 30.5. The summed E-state index contributed by atoms with van der Waals surface area (Å²) >= 11 is 0. The number of hydrogen-bond donors (Lipinski definition) is 0. The summed E-state index contributed by atoms with van der Waals surface area (Å²) in [7, 11) is 0. The van der Waals surface area contributed by atoms with Crippen LogP contribution >= 0.6 is 0 Å². The van der Waals surface area contributed by atoms with Crippen LogP contribution in [0, 0.1) is 0 Å². The third-order valence-electron chi connectivity index (χ3n) is 0. The van der Waals surface area contributed by atoms with E-state index in [1.807, 2.05) is 0 Å². The van der Waals surface area contributed by atoms with Gasteiger partial charge in [-0.25, -0.2) is 0 Å². The molecule has 0 bridgehead atoms. The molecule has 0 aromatic rings. The van der Waals surface area contributed by atoms with Crippen molar-refractivity contribution >= 4 is 0 Å². The molecular weight excluding hydrogens is 1290 g/mol. The maximum absolute atomic E-state index is 0. The van der Waals surface area contributed by atoms with E-state index in [1.54, 1.807) is 0 Å². The van der Waals surface area contributed by atoms with E-state index in [0.717, 1.165) is 0 Å². The van der Waals surface area contributed by atoms with Gasteiger partial charge >= 0.3 is 177 Å². The molecule has 0 aliphatic carbocycles. The first-order chi connectivity index (χ1) is 0. The molecule has 0 aromatic carbocycles. The fourth-order valence-corrected chi connectivity index (χ4v) is 0. The summed E-state index contributed by atoms with van der Waals surface area (Å²) in [6.07, 6.45) is 0. The summed E-state index contributed by atoms with van der Waals surface area (Å²) in [4.78, 5) is 0. The van der Waals surface area contributed by atoms with Gasteiger partial charge in [0, 0.05) is 0 Å². The molecule has 0 radical (unpaired) electrons. The van der Waals surface area contributed by atoms with Crippen LogP contribution in [0.25, 0.3) is 0 Å². The van der Waals surface area contributed by atoms with Crippen LogP contribution in [0.1, 0.15) is 0 Å². The molecule has 138 N–H and O–H groups in total. The molecule has 78 heteroatoms. The summed E-state index contributed by atoms with van der Waals surface area (Å²) < 4.78 is 0. The molecule has 0 atom stereocenters. The normalized spacial score (nSPS) is 0. The van der Waals surface area contributed by atoms with Gasteiger partial charge in [-0.1, -0.05) is 0 Å². The SMILES string of the molecule is O.O.O.O.O.O.O.O.O.O.O.O.O.O.O.O.O.O.O.O.O.O.O.O.O.O.O.O.O.O.O.O.O.O.O.O.O.O.O.O.O.O.O.O.O.O.O.O.O.O.O.O.O.O.O.O.O.O.O.O.O.O.O.O.O.O.[Na+].[Na+].[Na+].[Na+].[Na+].[Na+].[OH-].[OH-].[OH-].[OH-].[OH-].[OH-]. The van der Waals surface area contributed by atoms with E-state index in [4.69, 9.17) is 0 Å². The molecule has 72 nitrogen and oxygen atoms in total. The minimum Gasteiger partial charge on any atom is -0.870 e. The quantitative estimate of drug-likeness (QED) is 0.212. The van der Waals surface area contributed by atoms with Crippen LogP contribution in [-0.2, 0) is 0 Å². The summed E-state index contributed by atoms with van der Waals surface area (Å²) in [6.45, 7) is 0. The van der Waals surface area contributed by atoms with Gasteiger partial charge in [0.15, 0.2) is 0 Å². The Labute approximate surface area is 566 Å². The van der Waals surface area contributed by atoms with Crippen molar-refractivity contribution in [2.45, 2.75) is 0 Å². The second-order valence-electron chi connectivity index (χ2n) is 0. The van der Waals surface area contributed by atoms with Gasteiger partial charge in [-0.05, 0) is 0 Å². The minimum absolute atomic E-state index is 0. The molecule has 0 heterocycles. The average molecular weight is 1430 g/mol. The van der Waals surface area contributed by atoms with E-state index in [-0.39, 0.29) is 572 Å². The molecule has 0 unspecified atom stereocenters. The van der Waals surface area contributed by atoms with E-state index in [2.05, 4.69) is 0 Å². The third-order valence-corrected chi connectivity index (χ3v) is 0. The zero-order chi connectivity index (χ0) is 0. The Hall–Kier alpha value is 3.12. The molecule has 0 aliphatic rings. The number of rotatable bonds is 0. The predicted octanol–water partition coefficient (Wildman–Crippen LogP) is -73.5. The van der Waals surface area contributed by atoms with Gasteiger partial charge in [0.05, 0.1) is 0 Å². The molecule has 0 amide bonds. The van der Waals surface area contributed by atoms with Crippen molar-refractivity contribution in [1.29, 1.82) is 0 Å². The Morgan fingerprint density at radius 3 is 0.0385 bits per heavy atom. The zero-order valence-corrected chi connectivity index (χ0v) is 53.7. The van der Waals surface area contributed by atoms with Gasteiger partial charge in [0.2, 0.25) is 0 Å². The van der Waals surface area contributed by atoms with Crippen molar-refractivity contribution in [2.75, 3.05) is 0 Å². The van der Waals surface area contributed by atoms with Gasteiger partial charge in [0.1, 0.15) is 0 Å². The van der Waals surface area contributed by atoms with Crippen LogP contribution in [0.3, 0.4) is 0 Å². The minimum atomic E-state index is 0. The van der Waals surface area contributed by atoms with E-state index < -0.39 is 0 Å². The van der Waals surface area contributed by atoms with E-state index in [9.17, 15) is 0 Å². The second-order valence-corrected chi connectivity index (χ2v) is 0. The molecule has 0 rings (SSSR count). The van der Waals surface area contributed by atoms with Gasteiger partial charge < -0.3 is 394 Å². The summed E-state index contributed by atoms with van der Waals surface area (Å²) in [5.41, 5.74) is 0. The first-order valence-corrected chi connectivity index (χ1v) is 0. The molecule has 576 valence electrons. The van der Waals surface area contributed by atoms with E-state index in [0.29, 0.717) is 0 Å². The Morgan fingerprint density at radius 2 is 0.0385 bits per heavy atom.